The van der Waals surface area contributed by atoms with Crippen molar-refractivity contribution < 1.29 is 22.7 Å². The molecule has 1 aliphatic heterocycles. The molecule has 2 aromatic carbocycles. The molecule has 1 aliphatic rings. The summed E-state index contributed by atoms with van der Waals surface area (Å²) in [7, 11) is -2.47. The number of hydrogen-bond donors (Lipinski definition) is 1. The molecule has 11 nitrogen and oxygen atoms in total. The van der Waals surface area contributed by atoms with Crippen LogP contribution in [-0.4, -0.2) is 65.0 Å². The number of sulfonamides is 1. The minimum atomic E-state index is -3.76. The minimum Gasteiger partial charge on any atom is -0.465 e. The first kappa shape index (κ1) is 22.6. The van der Waals surface area contributed by atoms with Gasteiger partial charge in [0.25, 0.3) is 0 Å². The van der Waals surface area contributed by atoms with E-state index < -0.39 is 21.9 Å². The van der Waals surface area contributed by atoms with E-state index in [2.05, 4.69) is 25.6 Å². The van der Waals surface area contributed by atoms with Gasteiger partial charge in [0.2, 0.25) is 15.9 Å². The van der Waals surface area contributed by atoms with E-state index in [0.717, 1.165) is 0 Å². The number of hydrogen-bond acceptors (Lipinski definition) is 8. The molecule has 1 saturated heterocycles. The van der Waals surface area contributed by atoms with Gasteiger partial charge in [-0.15, -0.1) is 5.10 Å². The summed E-state index contributed by atoms with van der Waals surface area (Å²) in [5.41, 5.74) is 1.52. The van der Waals surface area contributed by atoms with Crippen LogP contribution in [0.1, 0.15) is 23.2 Å². The van der Waals surface area contributed by atoms with Gasteiger partial charge in [-0.05, 0) is 71.8 Å². The highest BCUT2D eigenvalue weighted by molar-refractivity contribution is 7.89. The van der Waals surface area contributed by atoms with Crippen molar-refractivity contribution in [3.63, 3.8) is 0 Å². The number of aromatic nitrogens is 4. The average molecular weight is 471 g/mol. The number of amides is 1. The molecule has 1 aromatic heterocycles. The fraction of sp³-hybridized carbons (Fsp3) is 0.286. The number of tetrazole rings is 1. The summed E-state index contributed by atoms with van der Waals surface area (Å²) in [6, 6.07) is 12.6. The Labute approximate surface area is 190 Å². The molecule has 33 heavy (non-hydrogen) atoms. The Morgan fingerprint density at radius 1 is 1.09 bits per heavy atom. The molecule has 0 bridgehead atoms. The molecule has 12 heteroatoms. The first-order valence-electron chi connectivity index (χ1n) is 10.2. The number of carbonyl (C=O) groups excluding carboxylic acids is 2. The Hall–Kier alpha value is -3.64. The summed E-state index contributed by atoms with van der Waals surface area (Å²) in [6.45, 7) is 0.428. The van der Waals surface area contributed by atoms with Gasteiger partial charge < -0.3 is 10.1 Å². The molecule has 172 valence electrons. The van der Waals surface area contributed by atoms with Crippen LogP contribution in [0.3, 0.4) is 0 Å². The van der Waals surface area contributed by atoms with Crippen LogP contribution < -0.4 is 5.32 Å². The number of nitrogens with one attached hydrogen (secondary N) is 1. The van der Waals surface area contributed by atoms with Gasteiger partial charge in [0.1, 0.15) is 6.33 Å². The molecule has 1 N–H and O–H groups in total. The van der Waals surface area contributed by atoms with Crippen molar-refractivity contribution in [3.05, 3.63) is 60.4 Å². The van der Waals surface area contributed by atoms with Crippen LogP contribution in [0.2, 0.25) is 0 Å². The van der Waals surface area contributed by atoms with E-state index in [0.29, 0.717) is 36.3 Å². The summed E-state index contributed by atoms with van der Waals surface area (Å²) in [6.07, 6.45) is 2.57. The third-order valence-electron chi connectivity index (χ3n) is 5.42. The first-order valence-corrected chi connectivity index (χ1v) is 11.7. The van der Waals surface area contributed by atoms with E-state index >= 15 is 0 Å². The van der Waals surface area contributed by atoms with Gasteiger partial charge in [-0.2, -0.15) is 4.31 Å². The van der Waals surface area contributed by atoms with E-state index in [1.165, 1.54) is 34.6 Å². The highest BCUT2D eigenvalue weighted by Crippen LogP contribution is 2.25. The van der Waals surface area contributed by atoms with Crippen LogP contribution in [0.4, 0.5) is 5.69 Å². The molecule has 0 radical (unpaired) electrons. The van der Waals surface area contributed by atoms with Crippen molar-refractivity contribution in [1.82, 2.24) is 24.5 Å². The second-order valence-electron chi connectivity index (χ2n) is 7.51. The molecule has 3 aromatic rings. The molecule has 2 heterocycles. The zero-order valence-electron chi connectivity index (χ0n) is 17.8. The normalized spacial score (nSPS) is 16.8. The van der Waals surface area contributed by atoms with E-state index in [-0.39, 0.29) is 17.3 Å². The van der Waals surface area contributed by atoms with Gasteiger partial charge in [0.15, 0.2) is 0 Å². The van der Waals surface area contributed by atoms with Crippen LogP contribution in [0, 0.1) is 5.92 Å². The van der Waals surface area contributed by atoms with Crippen molar-refractivity contribution >= 4 is 27.6 Å². The van der Waals surface area contributed by atoms with Gasteiger partial charge in [-0.3, -0.25) is 4.79 Å². The molecule has 1 atom stereocenters. The third kappa shape index (κ3) is 4.91. The SMILES string of the molecule is COC(=O)c1ccc(NC(=O)[C@@H]2CCCN(S(=O)(=O)c3ccc(-n4cnnn4)cc3)C2)cc1. The maximum absolute atomic E-state index is 13.1. The number of methoxy groups -OCH3 is 1. The fourth-order valence-corrected chi connectivity index (χ4v) is 5.15. The Kier molecular flexibility index (Phi) is 6.47. The summed E-state index contributed by atoms with van der Waals surface area (Å²) in [5.74, 6) is -1.23. The van der Waals surface area contributed by atoms with Crippen LogP contribution in [-0.2, 0) is 19.6 Å². The van der Waals surface area contributed by atoms with Crippen molar-refractivity contribution in [1.29, 1.82) is 0 Å². The standard InChI is InChI=1S/C21H22N6O5S/c1-32-21(29)15-4-6-17(7-5-15)23-20(28)16-3-2-12-26(13-16)33(30,31)19-10-8-18(9-11-19)27-14-22-24-25-27/h4-11,14,16H,2-3,12-13H2,1H3,(H,23,28)/t16-/m1/s1. The van der Waals surface area contributed by atoms with Gasteiger partial charge in [-0.25, -0.2) is 17.9 Å². The number of rotatable bonds is 6. The van der Waals surface area contributed by atoms with Gasteiger partial charge in [0.05, 0.1) is 29.2 Å². The highest BCUT2D eigenvalue weighted by Gasteiger charge is 2.33. The highest BCUT2D eigenvalue weighted by atomic mass is 32.2. The summed E-state index contributed by atoms with van der Waals surface area (Å²) in [5, 5.41) is 13.7. The second kappa shape index (κ2) is 9.46. The maximum atomic E-state index is 13.1. The number of benzene rings is 2. The number of carbonyl (C=O) groups is 2. The summed E-state index contributed by atoms with van der Waals surface area (Å²) < 4.78 is 33.7. The quantitative estimate of drug-likeness (QED) is 0.535. The number of nitrogens with zero attached hydrogens (tertiary/aromatic N) is 5. The van der Waals surface area contributed by atoms with E-state index in [1.807, 2.05) is 0 Å². The Bertz CT molecular complexity index is 1230. The van der Waals surface area contributed by atoms with Crippen LogP contribution >= 0.6 is 0 Å². The van der Waals surface area contributed by atoms with Gasteiger partial charge >= 0.3 is 5.97 Å². The monoisotopic (exact) mass is 470 g/mol. The summed E-state index contributed by atoms with van der Waals surface area (Å²) in [4.78, 5) is 24.5. The Morgan fingerprint density at radius 2 is 1.82 bits per heavy atom. The molecule has 0 aliphatic carbocycles. The predicted molar refractivity (Wildman–Crippen MR) is 117 cm³/mol. The minimum absolute atomic E-state index is 0.0865. The number of esters is 1. The molecule has 1 amide bonds. The van der Waals surface area contributed by atoms with Crippen LogP contribution in [0.5, 0.6) is 0 Å². The van der Waals surface area contributed by atoms with Crippen molar-refractivity contribution in [3.8, 4) is 5.69 Å². The lowest BCUT2D eigenvalue weighted by atomic mass is 9.98. The smallest absolute Gasteiger partial charge is 0.337 e. The molecule has 1 fully saturated rings. The van der Waals surface area contributed by atoms with E-state index in [1.54, 1.807) is 36.4 Å². The Balaban J connectivity index is 1.43. The van der Waals surface area contributed by atoms with E-state index in [9.17, 15) is 18.0 Å². The largest absolute Gasteiger partial charge is 0.465 e. The maximum Gasteiger partial charge on any atom is 0.337 e. The van der Waals surface area contributed by atoms with Gasteiger partial charge in [0, 0.05) is 18.8 Å². The molecular weight excluding hydrogens is 448 g/mol. The Morgan fingerprint density at radius 3 is 2.45 bits per heavy atom. The fourth-order valence-electron chi connectivity index (χ4n) is 3.63. The second-order valence-corrected chi connectivity index (χ2v) is 9.45. The topological polar surface area (TPSA) is 136 Å². The lowest BCUT2D eigenvalue weighted by molar-refractivity contribution is -0.120. The molecule has 4 rings (SSSR count). The molecule has 0 saturated carbocycles. The molecule has 0 spiro atoms. The molecule has 0 unspecified atom stereocenters. The van der Waals surface area contributed by atoms with E-state index in [4.69, 9.17) is 0 Å². The average Bonchev–Trinajstić information content (AvgIpc) is 3.39. The van der Waals surface area contributed by atoms with Crippen LogP contribution in [0.15, 0.2) is 59.8 Å². The van der Waals surface area contributed by atoms with Crippen molar-refractivity contribution in [2.45, 2.75) is 17.7 Å². The number of piperidine rings is 1. The number of anilines is 1. The van der Waals surface area contributed by atoms with Crippen molar-refractivity contribution in [2.24, 2.45) is 5.92 Å². The lowest BCUT2D eigenvalue weighted by Crippen LogP contribution is -2.43. The van der Waals surface area contributed by atoms with Crippen LogP contribution in [0.25, 0.3) is 5.69 Å². The number of ether oxygens (including phenoxy) is 1. The zero-order chi connectivity index (χ0) is 23.4. The third-order valence-corrected chi connectivity index (χ3v) is 7.30. The predicted octanol–water partition coefficient (Wildman–Crippen LogP) is 1.49. The van der Waals surface area contributed by atoms with Crippen molar-refractivity contribution in [2.75, 3.05) is 25.5 Å². The first-order chi connectivity index (χ1) is 15.9. The summed E-state index contributed by atoms with van der Waals surface area (Å²) >= 11 is 0. The lowest BCUT2D eigenvalue weighted by Gasteiger charge is -2.31. The zero-order valence-corrected chi connectivity index (χ0v) is 18.6. The molecular formula is C21H22N6O5S. The van der Waals surface area contributed by atoms with Gasteiger partial charge in [-0.1, -0.05) is 0 Å².